The highest BCUT2D eigenvalue weighted by atomic mass is 16.3. The highest BCUT2D eigenvalue weighted by Crippen LogP contribution is 2.38. The molecular formula is C19H21N7O. The van der Waals surface area contributed by atoms with E-state index in [-0.39, 0.29) is 12.6 Å². The van der Waals surface area contributed by atoms with Gasteiger partial charge < -0.3 is 20.3 Å². The summed E-state index contributed by atoms with van der Waals surface area (Å²) in [5.41, 5.74) is 2.61. The van der Waals surface area contributed by atoms with Crippen LogP contribution in [0.15, 0.2) is 30.6 Å². The summed E-state index contributed by atoms with van der Waals surface area (Å²) in [7, 11) is 0. The van der Waals surface area contributed by atoms with Crippen molar-refractivity contribution in [1.29, 1.82) is 5.26 Å². The molecule has 4 rings (SSSR count). The molecule has 138 valence electrons. The molecule has 0 bridgehead atoms. The number of nitriles is 1. The van der Waals surface area contributed by atoms with Crippen molar-refractivity contribution < 1.29 is 5.11 Å². The maximum Gasteiger partial charge on any atom is 0.227 e. The number of aliphatic hydroxyl groups is 1. The molecule has 8 nitrogen and oxygen atoms in total. The molecule has 1 saturated carbocycles. The zero-order valence-corrected chi connectivity index (χ0v) is 15.1. The fraction of sp³-hybridized carbons (Fsp3) is 0.368. The number of fused-ring (bicyclic) bond motifs is 1. The van der Waals surface area contributed by atoms with E-state index >= 15 is 0 Å². The number of anilines is 3. The van der Waals surface area contributed by atoms with Crippen molar-refractivity contribution in [3.63, 3.8) is 0 Å². The second-order valence-corrected chi connectivity index (χ2v) is 6.67. The van der Waals surface area contributed by atoms with Crippen LogP contribution >= 0.6 is 0 Å². The summed E-state index contributed by atoms with van der Waals surface area (Å²) in [6.07, 6.45) is 4.78. The van der Waals surface area contributed by atoms with E-state index < -0.39 is 0 Å². The number of hydrogen-bond acceptors (Lipinski definition) is 7. The summed E-state index contributed by atoms with van der Waals surface area (Å²) in [5.74, 6) is 0.972. The maximum absolute atomic E-state index is 9.50. The van der Waals surface area contributed by atoms with Gasteiger partial charge in [-0.2, -0.15) is 15.2 Å². The Bertz CT molecular complexity index is 999. The van der Waals surface area contributed by atoms with Crippen LogP contribution in [0.3, 0.4) is 0 Å². The van der Waals surface area contributed by atoms with Gasteiger partial charge in [-0.05, 0) is 31.4 Å². The maximum atomic E-state index is 9.50. The van der Waals surface area contributed by atoms with Crippen LogP contribution in [0.25, 0.3) is 11.2 Å². The lowest BCUT2D eigenvalue weighted by Crippen LogP contribution is -2.24. The van der Waals surface area contributed by atoms with Gasteiger partial charge in [0.25, 0.3) is 0 Å². The van der Waals surface area contributed by atoms with Crippen LogP contribution in [-0.4, -0.2) is 37.3 Å². The normalized spacial score (nSPS) is 14.7. The van der Waals surface area contributed by atoms with Crippen molar-refractivity contribution in [3.8, 4) is 6.07 Å². The second kappa shape index (κ2) is 7.21. The SMILES string of the molecule is CCC(CO)Nc1nc(Nc2ccccc2C#N)c2ncn(C3CC3)c2n1. The van der Waals surface area contributed by atoms with Crippen LogP contribution in [0, 0.1) is 11.3 Å². The third-order valence-corrected chi connectivity index (χ3v) is 4.71. The zero-order chi connectivity index (χ0) is 18.8. The van der Waals surface area contributed by atoms with Gasteiger partial charge in [0, 0.05) is 6.04 Å². The first-order valence-electron chi connectivity index (χ1n) is 9.11. The molecule has 27 heavy (non-hydrogen) atoms. The standard InChI is InChI=1S/C19H21N7O/c1-2-13(10-27)22-19-24-17(23-15-6-4-3-5-12(15)9-20)16-18(25-19)26(11-21-16)14-7-8-14/h3-6,11,13-14,27H,2,7-8,10H2,1H3,(H2,22,23,24,25). The fourth-order valence-electron chi connectivity index (χ4n) is 2.96. The number of nitrogens with zero attached hydrogens (tertiary/aromatic N) is 5. The van der Waals surface area contributed by atoms with Gasteiger partial charge in [0.15, 0.2) is 17.0 Å². The molecular weight excluding hydrogens is 342 g/mol. The van der Waals surface area contributed by atoms with E-state index in [1.54, 1.807) is 12.4 Å². The van der Waals surface area contributed by atoms with Gasteiger partial charge in [0.2, 0.25) is 5.95 Å². The Labute approximate surface area is 156 Å². The van der Waals surface area contributed by atoms with Gasteiger partial charge in [0.05, 0.1) is 30.2 Å². The third-order valence-electron chi connectivity index (χ3n) is 4.71. The molecule has 1 atom stereocenters. The van der Waals surface area contributed by atoms with Crippen molar-refractivity contribution in [2.75, 3.05) is 17.2 Å². The van der Waals surface area contributed by atoms with E-state index in [4.69, 9.17) is 0 Å². The van der Waals surface area contributed by atoms with Crippen molar-refractivity contribution >= 4 is 28.6 Å². The molecule has 2 heterocycles. The zero-order valence-electron chi connectivity index (χ0n) is 15.1. The van der Waals surface area contributed by atoms with Gasteiger partial charge in [-0.25, -0.2) is 4.98 Å². The second-order valence-electron chi connectivity index (χ2n) is 6.67. The molecule has 2 aromatic heterocycles. The summed E-state index contributed by atoms with van der Waals surface area (Å²) in [6, 6.07) is 9.75. The van der Waals surface area contributed by atoms with E-state index in [0.717, 1.165) is 24.9 Å². The van der Waals surface area contributed by atoms with Crippen LogP contribution in [-0.2, 0) is 0 Å². The average molecular weight is 363 g/mol. The number of hydrogen-bond donors (Lipinski definition) is 3. The molecule has 1 aromatic carbocycles. The summed E-state index contributed by atoms with van der Waals surface area (Å²) in [6.45, 7) is 1.99. The Hall–Kier alpha value is -3.18. The van der Waals surface area contributed by atoms with Crippen LogP contribution < -0.4 is 10.6 Å². The molecule has 0 radical (unpaired) electrons. The van der Waals surface area contributed by atoms with E-state index in [0.29, 0.717) is 34.6 Å². The quantitative estimate of drug-likeness (QED) is 0.591. The lowest BCUT2D eigenvalue weighted by atomic mass is 10.2. The largest absolute Gasteiger partial charge is 0.394 e. The predicted molar refractivity (Wildman–Crippen MR) is 103 cm³/mol. The van der Waals surface area contributed by atoms with Crippen molar-refractivity contribution in [1.82, 2.24) is 19.5 Å². The highest BCUT2D eigenvalue weighted by Gasteiger charge is 2.27. The molecule has 3 aromatic rings. The highest BCUT2D eigenvalue weighted by molar-refractivity contribution is 5.87. The Kier molecular flexibility index (Phi) is 4.60. The van der Waals surface area contributed by atoms with Gasteiger partial charge in [-0.1, -0.05) is 19.1 Å². The van der Waals surface area contributed by atoms with E-state index in [9.17, 15) is 10.4 Å². The summed E-state index contributed by atoms with van der Waals surface area (Å²) in [4.78, 5) is 13.7. The molecule has 3 N–H and O–H groups in total. The first kappa shape index (κ1) is 17.2. The molecule has 1 aliphatic rings. The molecule has 1 aliphatic carbocycles. The number of benzene rings is 1. The molecule has 0 saturated heterocycles. The Morgan fingerprint density at radius 1 is 1.33 bits per heavy atom. The first-order chi connectivity index (χ1) is 13.2. The Balaban J connectivity index is 1.79. The number of rotatable bonds is 7. The van der Waals surface area contributed by atoms with Crippen molar-refractivity contribution in [3.05, 3.63) is 36.2 Å². The van der Waals surface area contributed by atoms with Gasteiger partial charge in [-0.3, -0.25) is 0 Å². The number of aromatic nitrogens is 4. The van der Waals surface area contributed by atoms with Crippen LogP contribution in [0.4, 0.5) is 17.5 Å². The van der Waals surface area contributed by atoms with E-state index in [1.807, 2.05) is 25.1 Å². The van der Waals surface area contributed by atoms with Crippen LogP contribution in [0.5, 0.6) is 0 Å². The van der Waals surface area contributed by atoms with E-state index in [2.05, 4.69) is 36.2 Å². The minimum atomic E-state index is -0.126. The van der Waals surface area contributed by atoms with Crippen LogP contribution in [0.1, 0.15) is 37.8 Å². The van der Waals surface area contributed by atoms with Crippen LogP contribution in [0.2, 0.25) is 0 Å². The lowest BCUT2D eigenvalue weighted by molar-refractivity contribution is 0.271. The number of aliphatic hydroxyl groups excluding tert-OH is 1. The Morgan fingerprint density at radius 2 is 2.15 bits per heavy atom. The fourth-order valence-corrected chi connectivity index (χ4v) is 2.96. The first-order valence-corrected chi connectivity index (χ1v) is 9.11. The molecule has 0 spiro atoms. The summed E-state index contributed by atoms with van der Waals surface area (Å²) >= 11 is 0. The molecule has 1 fully saturated rings. The third kappa shape index (κ3) is 3.41. The number of nitrogens with one attached hydrogen (secondary N) is 2. The van der Waals surface area contributed by atoms with Crippen molar-refractivity contribution in [2.24, 2.45) is 0 Å². The lowest BCUT2D eigenvalue weighted by Gasteiger charge is -2.16. The van der Waals surface area contributed by atoms with Crippen molar-refractivity contribution in [2.45, 2.75) is 38.3 Å². The number of para-hydroxylation sites is 1. The minimum absolute atomic E-state index is 0.000187. The topological polar surface area (TPSA) is 112 Å². The monoisotopic (exact) mass is 363 g/mol. The molecule has 8 heteroatoms. The smallest absolute Gasteiger partial charge is 0.227 e. The predicted octanol–water partition coefficient (Wildman–Crippen LogP) is 2.96. The number of imidazole rings is 1. The molecule has 0 amide bonds. The van der Waals surface area contributed by atoms with E-state index in [1.165, 1.54) is 0 Å². The minimum Gasteiger partial charge on any atom is -0.394 e. The summed E-state index contributed by atoms with van der Waals surface area (Å²) < 4.78 is 2.07. The van der Waals surface area contributed by atoms with Gasteiger partial charge in [-0.15, -0.1) is 0 Å². The van der Waals surface area contributed by atoms with Gasteiger partial charge in [0.1, 0.15) is 6.07 Å². The average Bonchev–Trinajstić information content (AvgIpc) is 3.45. The Morgan fingerprint density at radius 3 is 2.85 bits per heavy atom. The molecule has 0 aliphatic heterocycles. The molecule has 1 unspecified atom stereocenters. The van der Waals surface area contributed by atoms with Gasteiger partial charge >= 0.3 is 0 Å². The summed E-state index contributed by atoms with van der Waals surface area (Å²) in [5, 5.41) is 25.3.